The van der Waals surface area contributed by atoms with E-state index < -0.39 is 17.7 Å². The van der Waals surface area contributed by atoms with Crippen LogP contribution in [0, 0.1) is 6.92 Å². The van der Waals surface area contributed by atoms with Crippen LogP contribution in [0.25, 0.3) is 16.8 Å². The summed E-state index contributed by atoms with van der Waals surface area (Å²) < 4.78 is 5.47. The van der Waals surface area contributed by atoms with Gasteiger partial charge >= 0.3 is 5.91 Å². The number of aromatic amines is 1. The number of nitrogens with one attached hydrogen (secondary N) is 1. The summed E-state index contributed by atoms with van der Waals surface area (Å²) in [5.74, 6) is -0.861. The van der Waals surface area contributed by atoms with Crippen LogP contribution in [0.3, 0.4) is 0 Å². The van der Waals surface area contributed by atoms with Crippen LogP contribution in [-0.4, -0.2) is 33.4 Å². The fraction of sp³-hybridized carbons (Fsp3) is 0.148. The highest BCUT2D eigenvalue weighted by atomic mass is 16.5. The highest BCUT2D eigenvalue weighted by Crippen LogP contribution is 2.42. The number of H-pyrrole nitrogens is 1. The minimum absolute atomic E-state index is 0.0141. The van der Waals surface area contributed by atoms with Crippen molar-refractivity contribution in [3.8, 4) is 5.75 Å². The van der Waals surface area contributed by atoms with Crippen LogP contribution in [0.15, 0.2) is 78.4 Å². The number of imidazole rings is 1. The van der Waals surface area contributed by atoms with Crippen molar-refractivity contribution in [2.24, 2.45) is 0 Å². The second kappa shape index (κ2) is 8.51. The van der Waals surface area contributed by atoms with E-state index in [1.54, 1.807) is 24.3 Å². The summed E-state index contributed by atoms with van der Waals surface area (Å²) >= 11 is 0. The molecule has 1 aliphatic rings. The number of aromatic nitrogens is 2. The average Bonchev–Trinajstić information content (AvgIpc) is 3.38. The number of aliphatic hydroxyl groups excluding tert-OH is 1. The standard InChI is InChI=1S/C27H23N3O4/c1-3-34-19-13-11-17(12-14-19)24(31)22-23(18-8-6-7-16(2)15-18)30(26(33)25(22)32)27-28-20-9-4-5-10-21(20)29-27/h4-15,23,31H,3H2,1-2H3,(H,28,29)/b24-22+. The van der Waals surface area contributed by atoms with E-state index in [9.17, 15) is 14.7 Å². The second-order valence-electron chi connectivity index (χ2n) is 8.12. The van der Waals surface area contributed by atoms with Crippen molar-refractivity contribution in [2.75, 3.05) is 11.5 Å². The third-order valence-electron chi connectivity index (χ3n) is 5.85. The molecule has 1 saturated heterocycles. The van der Waals surface area contributed by atoms with E-state index in [0.717, 1.165) is 11.1 Å². The number of anilines is 1. The molecule has 4 aromatic rings. The van der Waals surface area contributed by atoms with Crippen molar-refractivity contribution in [1.29, 1.82) is 0 Å². The number of hydrogen-bond acceptors (Lipinski definition) is 5. The molecule has 2 heterocycles. The molecule has 7 heteroatoms. The highest BCUT2D eigenvalue weighted by Gasteiger charge is 2.48. The maximum absolute atomic E-state index is 13.3. The topological polar surface area (TPSA) is 95.5 Å². The number of ether oxygens (including phenoxy) is 1. The van der Waals surface area contributed by atoms with Crippen LogP contribution in [0.1, 0.15) is 29.7 Å². The first-order chi connectivity index (χ1) is 16.5. The van der Waals surface area contributed by atoms with Gasteiger partial charge in [-0.05, 0) is 55.8 Å². The number of carbonyl (C=O) groups is 2. The number of carbonyl (C=O) groups excluding carboxylic acids is 2. The van der Waals surface area contributed by atoms with E-state index in [1.807, 2.05) is 62.4 Å². The third kappa shape index (κ3) is 3.61. The summed E-state index contributed by atoms with van der Waals surface area (Å²) in [6.45, 7) is 4.33. The summed E-state index contributed by atoms with van der Waals surface area (Å²) in [5.41, 5.74) is 3.52. The number of aliphatic hydroxyl groups is 1. The van der Waals surface area contributed by atoms with Crippen molar-refractivity contribution in [2.45, 2.75) is 19.9 Å². The van der Waals surface area contributed by atoms with Crippen LogP contribution in [-0.2, 0) is 9.59 Å². The van der Waals surface area contributed by atoms with Gasteiger partial charge in [0.05, 0.1) is 29.3 Å². The van der Waals surface area contributed by atoms with Crippen molar-refractivity contribution in [3.63, 3.8) is 0 Å². The van der Waals surface area contributed by atoms with Gasteiger partial charge in [0.1, 0.15) is 11.5 Å². The molecule has 1 fully saturated rings. The molecule has 1 amide bonds. The Labute approximate surface area is 196 Å². The molecule has 170 valence electrons. The number of rotatable bonds is 5. The van der Waals surface area contributed by atoms with Gasteiger partial charge in [-0.3, -0.25) is 14.5 Å². The van der Waals surface area contributed by atoms with Crippen LogP contribution in [0.2, 0.25) is 0 Å². The van der Waals surface area contributed by atoms with Crippen molar-refractivity contribution >= 4 is 34.4 Å². The number of ketones is 1. The van der Waals surface area contributed by atoms with E-state index in [0.29, 0.717) is 29.0 Å². The summed E-state index contributed by atoms with van der Waals surface area (Å²) in [6, 6.07) is 20.9. The predicted molar refractivity (Wildman–Crippen MR) is 130 cm³/mol. The molecule has 2 N–H and O–H groups in total. The molecule has 1 unspecified atom stereocenters. The molecule has 1 atom stereocenters. The number of benzene rings is 3. The van der Waals surface area contributed by atoms with Crippen LogP contribution in [0.4, 0.5) is 5.95 Å². The summed E-state index contributed by atoms with van der Waals surface area (Å²) in [6.07, 6.45) is 0. The molecule has 0 aliphatic carbocycles. The van der Waals surface area contributed by atoms with Gasteiger partial charge in [0.2, 0.25) is 5.95 Å². The summed E-state index contributed by atoms with van der Waals surface area (Å²) in [4.78, 5) is 35.6. The summed E-state index contributed by atoms with van der Waals surface area (Å²) in [5, 5.41) is 11.2. The molecule has 5 rings (SSSR count). The van der Waals surface area contributed by atoms with Crippen molar-refractivity contribution < 1.29 is 19.4 Å². The summed E-state index contributed by atoms with van der Waals surface area (Å²) in [7, 11) is 0. The smallest absolute Gasteiger partial charge is 0.302 e. The predicted octanol–water partition coefficient (Wildman–Crippen LogP) is 4.90. The Morgan fingerprint density at radius 2 is 1.82 bits per heavy atom. The number of fused-ring (bicyclic) bond motifs is 1. The Balaban J connectivity index is 1.69. The largest absolute Gasteiger partial charge is 0.507 e. The van der Waals surface area contributed by atoms with Gasteiger partial charge in [0.25, 0.3) is 5.78 Å². The minimum Gasteiger partial charge on any atom is -0.507 e. The van der Waals surface area contributed by atoms with Gasteiger partial charge in [-0.1, -0.05) is 42.0 Å². The van der Waals surface area contributed by atoms with Gasteiger partial charge in [0.15, 0.2) is 0 Å². The lowest BCUT2D eigenvalue weighted by Crippen LogP contribution is -2.30. The quantitative estimate of drug-likeness (QED) is 0.255. The number of hydrogen-bond donors (Lipinski definition) is 2. The van der Waals surface area contributed by atoms with Crippen LogP contribution >= 0.6 is 0 Å². The number of amides is 1. The first-order valence-corrected chi connectivity index (χ1v) is 11.0. The number of nitrogens with zero attached hydrogens (tertiary/aromatic N) is 2. The first-order valence-electron chi connectivity index (χ1n) is 11.0. The fourth-order valence-electron chi connectivity index (χ4n) is 4.29. The second-order valence-corrected chi connectivity index (χ2v) is 8.12. The Hall–Kier alpha value is -4.39. The molecule has 7 nitrogen and oxygen atoms in total. The van der Waals surface area contributed by atoms with E-state index in [1.165, 1.54) is 4.90 Å². The molecule has 0 bridgehead atoms. The van der Waals surface area contributed by atoms with Gasteiger partial charge in [-0.25, -0.2) is 4.98 Å². The zero-order valence-corrected chi connectivity index (χ0v) is 18.8. The maximum atomic E-state index is 13.3. The number of Topliss-reactive ketones (excluding diaryl/α,β-unsaturated/α-hetero) is 1. The van der Waals surface area contributed by atoms with Crippen LogP contribution in [0.5, 0.6) is 5.75 Å². The molecular formula is C27H23N3O4. The van der Waals surface area contributed by atoms with Crippen molar-refractivity contribution in [3.05, 3.63) is 95.1 Å². The Morgan fingerprint density at radius 3 is 2.53 bits per heavy atom. The lowest BCUT2D eigenvalue weighted by molar-refractivity contribution is -0.132. The highest BCUT2D eigenvalue weighted by molar-refractivity contribution is 6.51. The fourth-order valence-corrected chi connectivity index (χ4v) is 4.29. The lowest BCUT2D eigenvalue weighted by atomic mass is 9.94. The first kappa shape index (κ1) is 21.5. The zero-order valence-electron chi connectivity index (χ0n) is 18.8. The molecule has 34 heavy (non-hydrogen) atoms. The van der Waals surface area contributed by atoms with E-state index in [2.05, 4.69) is 9.97 Å². The Kier molecular flexibility index (Phi) is 5.37. The van der Waals surface area contributed by atoms with E-state index in [-0.39, 0.29) is 17.3 Å². The Morgan fingerprint density at radius 1 is 1.06 bits per heavy atom. The maximum Gasteiger partial charge on any atom is 0.302 e. The molecule has 0 saturated carbocycles. The van der Waals surface area contributed by atoms with E-state index >= 15 is 0 Å². The van der Waals surface area contributed by atoms with Gasteiger partial charge in [0, 0.05) is 5.56 Å². The molecule has 3 aromatic carbocycles. The third-order valence-corrected chi connectivity index (χ3v) is 5.85. The van der Waals surface area contributed by atoms with Gasteiger partial charge in [-0.15, -0.1) is 0 Å². The van der Waals surface area contributed by atoms with Crippen molar-refractivity contribution in [1.82, 2.24) is 9.97 Å². The lowest BCUT2D eigenvalue weighted by Gasteiger charge is -2.23. The average molecular weight is 453 g/mol. The number of para-hydroxylation sites is 2. The van der Waals surface area contributed by atoms with E-state index in [4.69, 9.17) is 4.74 Å². The SMILES string of the molecule is CCOc1ccc(/C(O)=C2\C(=O)C(=O)N(c3nc4ccccc4[nH]3)C2c2cccc(C)c2)cc1. The minimum atomic E-state index is -0.841. The molecule has 1 aliphatic heterocycles. The van der Waals surface area contributed by atoms with Gasteiger partial charge < -0.3 is 14.8 Å². The molecular weight excluding hydrogens is 430 g/mol. The van der Waals surface area contributed by atoms with Gasteiger partial charge in [-0.2, -0.15) is 0 Å². The number of aryl methyl sites for hydroxylation is 1. The Bertz CT molecular complexity index is 1400. The molecule has 0 spiro atoms. The molecule has 0 radical (unpaired) electrons. The zero-order chi connectivity index (χ0) is 23.8. The normalized spacial score (nSPS) is 17.5. The molecule has 1 aromatic heterocycles. The monoisotopic (exact) mass is 453 g/mol. The van der Waals surface area contributed by atoms with Crippen LogP contribution < -0.4 is 9.64 Å².